The van der Waals surface area contributed by atoms with Gasteiger partial charge in [0, 0.05) is 11.6 Å². The number of carbonyl (C=O) groups is 1. The summed E-state index contributed by atoms with van der Waals surface area (Å²) in [6.45, 7) is -0.564. The van der Waals surface area contributed by atoms with Gasteiger partial charge in [0.25, 0.3) is 15.9 Å². The van der Waals surface area contributed by atoms with Crippen LogP contribution in [0.4, 0.5) is 5.69 Å². The van der Waals surface area contributed by atoms with Crippen molar-refractivity contribution in [3.63, 3.8) is 0 Å². The van der Waals surface area contributed by atoms with Crippen LogP contribution in [-0.4, -0.2) is 46.4 Å². The minimum atomic E-state index is -4.12. The number of sulfonamides is 1. The predicted molar refractivity (Wildman–Crippen MR) is 142 cm³/mol. The second-order valence-electron chi connectivity index (χ2n) is 7.88. The zero-order valence-electron chi connectivity index (χ0n) is 20.2. The van der Waals surface area contributed by atoms with Crippen molar-refractivity contribution in [3.05, 3.63) is 90.5 Å². The van der Waals surface area contributed by atoms with E-state index >= 15 is 0 Å². The number of hydrogen-bond donors (Lipinski definition) is 2. The Kier molecular flexibility index (Phi) is 7.59. The number of anilines is 1. The van der Waals surface area contributed by atoms with E-state index in [0.29, 0.717) is 17.1 Å². The van der Waals surface area contributed by atoms with Crippen LogP contribution in [0.2, 0.25) is 0 Å². The van der Waals surface area contributed by atoms with Crippen molar-refractivity contribution in [2.75, 3.05) is 25.1 Å². The highest BCUT2D eigenvalue weighted by atomic mass is 32.2. The van der Waals surface area contributed by atoms with Gasteiger partial charge in [0.15, 0.2) is 11.5 Å². The molecular formula is C27H25N3O6S. The van der Waals surface area contributed by atoms with Gasteiger partial charge in [0.1, 0.15) is 12.3 Å². The van der Waals surface area contributed by atoms with Crippen molar-refractivity contribution in [3.8, 4) is 17.2 Å². The number of phenolic OH excluding ortho intramolecular Hbond substituents is 1. The van der Waals surface area contributed by atoms with Crippen molar-refractivity contribution >= 4 is 38.6 Å². The molecule has 4 aromatic rings. The fourth-order valence-electron chi connectivity index (χ4n) is 3.77. The highest BCUT2D eigenvalue weighted by Gasteiger charge is 2.28. The largest absolute Gasteiger partial charge is 0.507 e. The van der Waals surface area contributed by atoms with Crippen LogP contribution in [0.1, 0.15) is 5.56 Å². The summed E-state index contributed by atoms with van der Waals surface area (Å²) in [5.41, 5.74) is 2.98. The number of methoxy groups -OCH3 is 2. The number of fused-ring (bicyclic) bond motifs is 1. The summed E-state index contributed by atoms with van der Waals surface area (Å²) < 4.78 is 38.5. The van der Waals surface area contributed by atoms with E-state index in [9.17, 15) is 18.3 Å². The molecule has 2 N–H and O–H groups in total. The summed E-state index contributed by atoms with van der Waals surface area (Å²) in [4.78, 5) is 12.9. The average Bonchev–Trinajstić information content (AvgIpc) is 2.93. The fourth-order valence-corrected chi connectivity index (χ4v) is 5.20. The Labute approximate surface area is 214 Å². The number of amides is 1. The molecule has 0 atom stereocenters. The third-order valence-corrected chi connectivity index (χ3v) is 7.39. The molecule has 0 heterocycles. The van der Waals surface area contributed by atoms with E-state index in [1.807, 2.05) is 24.3 Å². The van der Waals surface area contributed by atoms with E-state index < -0.39 is 22.5 Å². The Bertz CT molecular complexity index is 1560. The van der Waals surface area contributed by atoms with Gasteiger partial charge in [-0.2, -0.15) is 5.10 Å². The lowest BCUT2D eigenvalue weighted by Gasteiger charge is -2.24. The molecule has 0 fully saturated rings. The van der Waals surface area contributed by atoms with E-state index in [1.165, 1.54) is 50.8 Å². The molecule has 4 rings (SSSR count). The number of aromatic hydroxyl groups is 1. The molecule has 10 heteroatoms. The van der Waals surface area contributed by atoms with Gasteiger partial charge < -0.3 is 14.6 Å². The maximum absolute atomic E-state index is 13.5. The highest BCUT2D eigenvalue weighted by molar-refractivity contribution is 7.92. The Hall–Kier alpha value is -4.57. The van der Waals surface area contributed by atoms with Crippen molar-refractivity contribution in [2.45, 2.75) is 4.90 Å². The van der Waals surface area contributed by atoms with Gasteiger partial charge in [-0.15, -0.1) is 0 Å². The van der Waals surface area contributed by atoms with Crippen LogP contribution in [0.3, 0.4) is 0 Å². The first-order valence-electron chi connectivity index (χ1n) is 11.2. The number of nitrogens with zero attached hydrogens (tertiary/aromatic N) is 2. The van der Waals surface area contributed by atoms with Gasteiger partial charge in [-0.05, 0) is 41.1 Å². The van der Waals surface area contributed by atoms with E-state index in [0.717, 1.165) is 15.1 Å². The first-order chi connectivity index (χ1) is 17.8. The second-order valence-corrected chi connectivity index (χ2v) is 9.74. The van der Waals surface area contributed by atoms with Crippen LogP contribution in [-0.2, 0) is 14.8 Å². The zero-order valence-corrected chi connectivity index (χ0v) is 21.0. The summed E-state index contributed by atoms with van der Waals surface area (Å²) >= 11 is 0. The van der Waals surface area contributed by atoms with Crippen LogP contribution in [0.5, 0.6) is 17.2 Å². The van der Waals surface area contributed by atoms with Crippen molar-refractivity contribution < 1.29 is 27.8 Å². The van der Waals surface area contributed by atoms with E-state index in [4.69, 9.17) is 9.47 Å². The van der Waals surface area contributed by atoms with Crippen LogP contribution in [0, 0.1) is 0 Å². The molecule has 1 amide bonds. The molecule has 0 aliphatic heterocycles. The third-order valence-electron chi connectivity index (χ3n) is 5.60. The number of hydrogen-bond acceptors (Lipinski definition) is 7. The molecular weight excluding hydrogens is 494 g/mol. The normalized spacial score (nSPS) is 11.4. The summed E-state index contributed by atoms with van der Waals surface area (Å²) in [6, 6.07) is 23.1. The number of phenols is 1. The van der Waals surface area contributed by atoms with Crippen LogP contribution >= 0.6 is 0 Å². The maximum atomic E-state index is 13.5. The van der Waals surface area contributed by atoms with Crippen LogP contribution in [0.25, 0.3) is 10.8 Å². The monoisotopic (exact) mass is 519 g/mol. The van der Waals surface area contributed by atoms with Gasteiger partial charge in [0.05, 0.1) is 31.0 Å². The molecule has 0 aliphatic rings. The molecule has 0 unspecified atom stereocenters. The summed E-state index contributed by atoms with van der Waals surface area (Å²) in [6.07, 6.45) is 1.32. The summed E-state index contributed by atoms with van der Waals surface area (Å²) in [5, 5.41) is 15.9. The lowest BCUT2D eigenvalue weighted by molar-refractivity contribution is -0.119. The number of ether oxygens (including phenoxy) is 2. The minimum Gasteiger partial charge on any atom is -0.507 e. The summed E-state index contributed by atoms with van der Waals surface area (Å²) in [7, 11) is -1.22. The second kappa shape index (κ2) is 11.0. The topological polar surface area (TPSA) is 118 Å². The number of carbonyl (C=O) groups excluding carboxylic acids is 1. The Balaban J connectivity index is 1.63. The average molecular weight is 520 g/mol. The van der Waals surface area contributed by atoms with Crippen molar-refractivity contribution in [2.24, 2.45) is 5.10 Å². The van der Waals surface area contributed by atoms with Crippen LogP contribution in [0.15, 0.2) is 94.9 Å². The predicted octanol–water partition coefficient (Wildman–Crippen LogP) is 3.91. The maximum Gasteiger partial charge on any atom is 0.264 e. The molecule has 0 saturated heterocycles. The number of benzene rings is 4. The third kappa shape index (κ3) is 5.49. The number of hydrazone groups is 1. The zero-order chi connectivity index (χ0) is 26.4. The smallest absolute Gasteiger partial charge is 0.264 e. The van der Waals surface area contributed by atoms with Gasteiger partial charge >= 0.3 is 0 Å². The van der Waals surface area contributed by atoms with E-state index in [1.54, 1.807) is 30.3 Å². The number of nitrogens with one attached hydrogen (secondary N) is 1. The fraction of sp³-hybridized carbons (Fsp3) is 0.111. The van der Waals surface area contributed by atoms with Gasteiger partial charge in [-0.25, -0.2) is 13.8 Å². The number of rotatable bonds is 9. The Morgan fingerprint density at radius 2 is 1.65 bits per heavy atom. The standard InChI is InChI=1S/C27H25N3O6S/c1-35-25-15-13-20(16-26(25)36-2)30(37(33,34)21-9-4-3-5-10-21)18-27(32)29-28-17-23-22-11-7-6-8-19(22)12-14-24(23)31/h3-17,31H,18H2,1-2H3,(H,29,32). The molecule has 0 spiro atoms. The lowest BCUT2D eigenvalue weighted by Crippen LogP contribution is -2.39. The first kappa shape index (κ1) is 25.5. The van der Waals surface area contributed by atoms with Crippen molar-refractivity contribution in [1.82, 2.24) is 5.43 Å². The SMILES string of the molecule is COc1ccc(N(CC(=O)NN=Cc2c(O)ccc3ccccc23)S(=O)(=O)c2ccccc2)cc1OC. The van der Waals surface area contributed by atoms with Gasteiger partial charge in [0.2, 0.25) is 0 Å². The molecule has 0 radical (unpaired) electrons. The highest BCUT2D eigenvalue weighted by Crippen LogP contribution is 2.33. The molecule has 190 valence electrons. The van der Waals surface area contributed by atoms with E-state index in [2.05, 4.69) is 10.5 Å². The molecule has 0 aliphatic carbocycles. The molecule has 0 saturated carbocycles. The van der Waals surface area contributed by atoms with E-state index in [-0.39, 0.29) is 16.3 Å². The summed E-state index contributed by atoms with van der Waals surface area (Å²) in [5.74, 6) is 0.0194. The van der Waals surface area contributed by atoms with Gasteiger partial charge in [-0.3, -0.25) is 9.10 Å². The molecule has 37 heavy (non-hydrogen) atoms. The van der Waals surface area contributed by atoms with Crippen molar-refractivity contribution in [1.29, 1.82) is 0 Å². The Morgan fingerprint density at radius 3 is 2.38 bits per heavy atom. The minimum absolute atomic E-state index is 0.00434. The lowest BCUT2D eigenvalue weighted by atomic mass is 10.0. The molecule has 4 aromatic carbocycles. The molecule has 9 nitrogen and oxygen atoms in total. The quantitative estimate of drug-likeness (QED) is 0.256. The first-order valence-corrected chi connectivity index (χ1v) is 12.6. The Morgan fingerprint density at radius 1 is 0.946 bits per heavy atom. The van der Waals surface area contributed by atoms with Gasteiger partial charge in [-0.1, -0.05) is 48.5 Å². The molecule has 0 aromatic heterocycles. The van der Waals surface area contributed by atoms with Crippen LogP contribution < -0.4 is 19.2 Å². The molecule has 0 bridgehead atoms.